The van der Waals surface area contributed by atoms with Crippen molar-refractivity contribution in [2.24, 2.45) is 0 Å². The van der Waals surface area contributed by atoms with Gasteiger partial charge in [0.25, 0.3) is 5.91 Å². The van der Waals surface area contributed by atoms with Gasteiger partial charge in [0.15, 0.2) is 6.61 Å². The van der Waals surface area contributed by atoms with Gasteiger partial charge in [-0.3, -0.25) is 10.1 Å². The molecule has 0 radical (unpaired) electrons. The Bertz CT molecular complexity index is 835. The number of anilines is 1. The van der Waals surface area contributed by atoms with E-state index in [1.54, 1.807) is 24.3 Å². The van der Waals surface area contributed by atoms with Crippen LogP contribution in [0.15, 0.2) is 57.4 Å². The summed E-state index contributed by atoms with van der Waals surface area (Å²) in [6.45, 7) is -0.183. The molecule has 0 saturated carbocycles. The average molecular weight is 409 g/mol. The van der Waals surface area contributed by atoms with Crippen molar-refractivity contribution < 1.29 is 13.9 Å². The van der Waals surface area contributed by atoms with E-state index in [2.05, 4.69) is 31.4 Å². The number of carbonyl (C=O) groups is 1. The van der Waals surface area contributed by atoms with Gasteiger partial charge in [-0.2, -0.15) is 0 Å². The Balaban J connectivity index is 1.57. The molecule has 122 valence electrons. The molecule has 1 aromatic heterocycles. The van der Waals surface area contributed by atoms with Gasteiger partial charge >= 0.3 is 6.01 Å². The first-order valence-corrected chi connectivity index (χ1v) is 8.05. The molecule has 0 aliphatic rings. The van der Waals surface area contributed by atoms with Crippen molar-refractivity contribution >= 4 is 39.5 Å². The molecule has 0 saturated heterocycles. The molecule has 0 unspecified atom stereocenters. The second-order valence-electron chi connectivity index (χ2n) is 4.71. The number of halogens is 2. The topological polar surface area (TPSA) is 77.2 Å². The monoisotopic (exact) mass is 407 g/mol. The van der Waals surface area contributed by atoms with Crippen molar-refractivity contribution in [3.05, 3.63) is 58.0 Å². The van der Waals surface area contributed by atoms with Crippen LogP contribution >= 0.6 is 27.5 Å². The van der Waals surface area contributed by atoms with Gasteiger partial charge in [-0.1, -0.05) is 32.6 Å². The molecule has 0 bridgehead atoms. The minimum Gasteiger partial charge on any atom is -0.484 e. The van der Waals surface area contributed by atoms with Crippen molar-refractivity contribution in [3.63, 3.8) is 0 Å². The molecule has 0 spiro atoms. The number of benzene rings is 2. The van der Waals surface area contributed by atoms with Gasteiger partial charge in [-0.25, -0.2) is 0 Å². The highest BCUT2D eigenvalue weighted by Gasteiger charge is 2.11. The number of hydrogen-bond acceptors (Lipinski definition) is 5. The SMILES string of the molecule is O=C(COc1ccc(Cl)cc1)Nc1nnc(-c2ccc(Br)cc2)o1. The zero-order valence-corrected chi connectivity index (χ0v) is 14.5. The zero-order chi connectivity index (χ0) is 16.9. The Kier molecular flexibility index (Phi) is 5.12. The number of aromatic nitrogens is 2. The first-order valence-electron chi connectivity index (χ1n) is 6.88. The van der Waals surface area contributed by atoms with Crippen LogP contribution in [-0.2, 0) is 4.79 Å². The Morgan fingerprint density at radius 1 is 1.12 bits per heavy atom. The number of carbonyl (C=O) groups excluding carboxylic acids is 1. The smallest absolute Gasteiger partial charge is 0.322 e. The molecule has 0 aliphatic heterocycles. The standard InChI is InChI=1S/C16H11BrClN3O3/c17-11-3-1-10(2-4-11)15-20-21-16(24-15)19-14(22)9-23-13-7-5-12(18)6-8-13/h1-8H,9H2,(H,19,21,22). The average Bonchev–Trinajstić information content (AvgIpc) is 3.03. The molecule has 8 heteroatoms. The van der Waals surface area contributed by atoms with Gasteiger partial charge < -0.3 is 9.15 Å². The molecule has 0 atom stereocenters. The Labute approximate surface area is 150 Å². The fourth-order valence-electron chi connectivity index (χ4n) is 1.82. The van der Waals surface area contributed by atoms with E-state index >= 15 is 0 Å². The maximum Gasteiger partial charge on any atom is 0.322 e. The molecule has 3 rings (SSSR count). The van der Waals surface area contributed by atoms with E-state index < -0.39 is 5.91 Å². The quantitative estimate of drug-likeness (QED) is 0.685. The van der Waals surface area contributed by atoms with E-state index in [-0.39, 0.29) is 12.6 Å². The number of ether oxygens (including phenoxy) is 1. The molecular formula is C16H11BrClN3O3. The maximum atomic E-state index is 11.8. The second kappa shape index (κ2) is 7.46. The summed E-state index contributed by atoms with van der Waals surface area (Å²) in [5, 5.41) is 10.8. The van der Waals surface area contributed by atoms with Crippen LogP contribution in [0.25, 0.3) is 11.5 Å². The van der Waals surface area contributed by atoms with Crippen LogP contribution in [-0.4, -0.2) is 22.7 Å². The number of hydrogen-bond donors (Lipinski definition) is 1. The highest BCUT2D eigenvalue weighted by Crippen LogP contribution is 2.22. The molecule has 6 nitrogen and oxygen atoms in total. The molecule has 1 N–H and O–H groups in total. The molecular weight excluding hydrogens is 398 g/mol. The van der Waals surface area contributed by atoms with Crippen LogP contribution in [0, 0.1) is 0 Å². The summed E-state index contributed by atoms with van der Waals surface area (Å²) < 4.78 is 11.7. The molecule has 24 heavy (non-hydrogen) atoms. The predicted octanol–water partition coefficient (Wildman–Crippen LogP) is 4.17. The molecule has 3 aromatic rings. The van der Waals surface area contributed by atoms with Crippen LogP contribution < -0.4 is 10.1 Å². The van der Waals surface area contributed by atoms with E-state index in [9.17, 15) is 4.79 Å². The molecule has 2 aromatic carbocycles. The van der Waals surface area contributed by atoms with Gasteiger partial charge in [0.1, 0.15) is 5.75 Å². The summed E-state index contributed by atoms with van der Waals surface area (Å²) >= 11 is 9.13. The Hall–Kier alpha value is -2.38. The van der Waals surface area contributed by atoms with Crippen molar-refractivity contribution in [1.82, 2.24) is 10.2 Å². The summed E-state index contributed by atoms with van der Waals surface area (Å²) in [5.41, 5.74) is 0.753. The van der Waals surface area contributed by atoms with E-state index in [0.29, 0.717) is 16.7 Å². The number of nitrogens with zero attached hydrogens (tertiary/aromatic N) is 2. The van der Waals surface area contributed by atoms with Crippen LogP contribution in [0.4, 0.5) is 6.01 Å². The normalized spacial score (nSPS) is 10.4. The lowest BCUT2D eigenvalue weighted by molar-refractivity contribution is -0.118. The summed E-state index contributed by atoms with van der Waals surface area (Å²) in [6, 6.07) is 14.1. The fourth-order valence-corrected chi connectivity index (χ4v) is 2.21. The molecule has 1 heterocycles. The van der Waals surface area contributed by atoms with Crippen LogP contribution in [0.2, 0.25) is 5.02 Å². The highest BCUT2D eigenvalue weighted by atomic mass is 79.9. The van der Waals surface area contributed by atoms with E-state index in [1.165, 1.54) is 0 Å². The number of rotatable bonds is 5. The Morgan fingerprint density at radius 2 is 1.83 bits per heavy atom. The zero-order valence-electron chi connectivity index (χ0n) is 12.2. The largest absolute Gasteiger partial charge is 0.484 e. The van der Waals surface area contributed by atoms with E-state index in [1.807, 2.05) is 24.3 Å². The second-order valence-corrected chi connectivity index (χ2v) is 6.06. The Morgan fingerprint density at radius 3 is 2.54 bits per heavy atom. The van der Waals surface area contributed by atoms with Crippen molar-refractivity contribution in [2.75, 3.05) is 11.9 Å². The van der Waals surface area contributed by atoms with Gasteiger partial charge in [-0.15, -0.1) is 5.10 Å². The maximum absolute atomic E-state index is 11.8. The van der Waals surface area contributed by atoms with E-state index in [4.69, 9.17) is 20.8 Å². The fraction of sp³-hybridized carbons (Fsp3) is 0.0625. The van der Waals surface area contributed by atoms with Crippen molar-refractivity contribution in [3.8, 4) is 17.2 Å². The summed E-state index contributed by atoms with van der Waals surface area (Å²) in [4.78, 5) is 11.8. The van der Waals surface area contributed by atoms with Crippen LogP contribution in [0.1, 0.15) is 0 Å². The van der Waals surface area contributed by atoms with Crippen molar-refractivity contribution in [2.45, 2.75) is 0 Å². The molecule has 0 aliphatic carbocycles. The first-order chi connectivity index (χ1) is 11.6. The third-order valence-electron chi connectivity index (χ3n) is 2.95. The third kappa shape index (κ3) is 4.33. The van der Waals surface area contributed by atoms with Gasteiger partial charge in [0.2, 0.25) is 5.89 Å². The van der Waals surface area contributed by atoms with Crippen molar-refractivity contribution in [1.29, 1.82) is 0 Å². The van der Waals surface area contributed by atoms with Gasteiger partial charge in [-0.05, 0) is 48.5 Å². The third-order valence-corrected chi connectivity index (χ3v) is 3.73. The van der Waals surface area contributed by atoms with Crippen LogP contribution in [0.5, 0.6) is 5.75 Å². The highest BCUT2D eigenvalue weighted by molar-refractivity contribution is 9.10. The van der Waals surface area contributed by atoms with Crippen LogP contribution in [0.3, 0.4) is 0 Å². The molecule has 1 amide bonds. The van der Waals surface area contributed by atoms with Gasteiger partial charge in [0.05, 0.1) is 0 Å². The predicted molar refractivity (Wildman–Crippen MR) is 93.0 cm³/mol. The first kappa shape index (κ1) is 16.5. The van der Waals surface area contributed by atoms with E-state index in [0.717, 1.165) is 10.0 Å². The summed E-state index contributed by atoms with van der Waals surface area (Å²) in [7, 11) is 0. The lowest BCUT2D eigenvalue weighted by atomic mass is 10.2. The van der Waals surface area contributed by atoms with Gasteiger partial charge in [0, 0.05) is 15.1 Å². The molecule has 0 fully saturated rings. The lowest BCUT2D eigenvalue weighted by Gasteiger charge is -2.05. The number of nitrogens with one attached hydrogen (secondary N) is 1. The minimum absolute atomic E-state index is 0.0117. The summed E-state index contributed by atoms with van der Waals surface area (Å²) in [6.07, 6.45) is 0. The lowest BCUT2D eigenvalue weighted by Crippen LogP contribution is -2.20. The summed E-state index contributed by atoms with van der Waals surface area (Å²) in [5.74, 6) is 0.447. The number of amides is 1. The minimum atomic E-state index is -0.407.